The molecule has 1 heterocycles. The smallest absolute Gasteiger partial charge is 0.227 e. The molecule has 6 nitrogen and oxygen atoms in total. The van der Waals surface area contributed by atoms with Gasteiger partial charge in [0.05, 0.1) is 17.6 Å². The van der Waals surface area contributed by atoms with Gasteiger partial charge in [0, 0.05) is 33.7 Å². The van der Waals surface area contributed by atoms with Crippen molar-refractivity contribution in [3.8, 4) is 17.6 Å². The summed E-state index contributed by atoms with van der Waals surface area (Å²) >= 11 is 0. The van der Waals surface area contributed by atoms with Crippen LogP contribution in [-0.2, 0) is 17.8 Å². The molecule has 6 heteroatoms. The summed E-state index contributed by atoms with van der Waals surface area (Å²) in [6.45, 7) is 9.15. The van der Waals surface area contributed by atoms with Gasteiger partial charge in [0.1, 0.15) is 24.2 Å². The van der Waals surface area contributed by atoms with Crippen molar-refractivity contribution in [2.75, 3.05) is 33.7 Å². The van der Waals surface area contributed by atoms with Crippen molar-refractivity contribution >= 4 is 11.5 Å². The molecular weight excluding hydrogens is 438 g/mol. The van der Waals surface area contributed by atoms with Crippen LogP contribution >= 0.6 is 0 Å². The number of amides is 1. The minimum Gasteiger partial charge on any atom is -0.490 e. The van der Waals surface area contributed by atoms with Gasteiger partial charge in [0.15, 0.2) is 0 Å². The molecule has 1 aliphatic carbocycles. The second-order valence-electron chi connectivity index (χ2n) is 10.1. The van der Waals surface area contributed by atoms with Crippen molar-refractivity contribution in [3.63, 3.8) is 0 Å². The topological polar surface area (TPSA) is 65.8 Å². The van der Waals surface area contributed by atoms with Crippen LogP contribution in [0.25, 0.3) is 5.57 Å². The van der Waals surface area contributed by atoms with Gasteiger partial charge >= 0.3 is 0 Å². The molecule has 1 saturated heterocycles. The number of likely N-dealkylation sites (tertiary alicyclic amines) is 1. The van der Waals surface area contributed by atoms with Crippen LogP contribution in [0.3, 0.4) is 0 Å². The second kappa shape index (κ2) is 10.5. The molecule has 35 heavy (non-hydrogen) atoms. The average Bonchev–Trinajstić information content (AvgIpc) is 2.80. The fourth-order valence-corrected chi connectivity index (χ4v) is 4.86. The molecule has 2 aromatic carbocycles. The zero-order chi connectivity index (χ0) is 25.1. The maximum atomic E-state index is 12.1. The van der Waals surface area contributed by atoms with Crippen molar-refractivity contribution in [1.82, 2.24) is 9.80 Å². The van der Waals surface area contributed by atoms with E-state index in [1.165, 1.54) is 22.3 Å². The van der Waals surface area contributed by atoms with E-state index in [0.717, 1.165) is 43.8 Å². The highest BCUT2D eigenvalue weighted by Crippen LogP contribution is 2.35. The summed E-state index contributed by atoms with van der Waals surface area (Å²) in [5.74, 6) is 1.83. The number of nitrogens with zero attached hydrogens (tertiary/aromatic N) is 3. The van der Waals surface area contributed by atoms with E-state index in [9.17, 15) is 10.1 Å². The summed E-state index contributed by atoms with van der Waals surface area (Å²) in [5.41, 5.74) is 6.88. The SMILES string of the molecule is CC1=C(CN2CC(C(=O)N(C)C)C2)CCc2cc(OCc3ccc(OC(C)C)c(C#N)c3)ccc21. The van der Waals surface area contributed by atoms with Gasteiger partial charge < -0.3 is 14.4 Å². The number of hydrogen-bond donors (Lipinski definition) is 0. The Bertz CT molecular complexity index is 1170. The van der Waals surface area contributed by atoms with E-state index < -0.39 is 0 Å². The second-order valence-corrected chi connectivity index (χ2v) is 10.1. The van der Waals surface area contributed by atoms with Crippen LogP contribution in [0.15, 0.2) is 42.0 Å². The van der Waals surface area contributed by atoms with E-state index in [-0.39, 0.29) is 17.9 Å². The number of nitriles is 1. The molecule has 0 saturated carbocycles. The summed E-state index contributed by atoms with van der Waals surface area (Å²) in [6.07, 6.45) is 2.05. The van der Waals surface area contributed by atoms with Gasteiger partial charge in [0.25, 0.3) is 0 Å². The summed E-state index contributed by atoms with van der Waals surface area (Å²) in [7, 11) is 3.66. The van der Waals surface area contributed by atoms with E-state index in [2.05, 4.69) is 30.0 Å². The lowest BCUT2D eigenvalue weighted by Crippen LogP contribution is -2.53. The number of benzene rings is 2. The van der Waals surface area contributed by atoms with E-state index in [4.69, 9.17) is 9.47 Å². The highest BCUT2D eigenvalue weighted by molar-refractivity contribution is 5.79. The first-order valence-corrected chi connectivity index (χ1v) is 12.3. The Hall–Kier alpha value is -3.30. The van der Waals surface area contributed by atoms with Gasteiger partial charge in [-0.25, -0.2) is 0 Å². The molecule has 4 rings (SSSR count). The molecule has 2 aromatic rings. The van der Waals surface area contributed by atoms with E-state index in [0.29, 0.717) is 17.9 Å². The lowest BCUT2D eigenvalue weighted by Gasteiger charge is -2.40. The Kier molecular flexibility index (Phi) is 7.47. The number of rotatable bonds is 8. The fourth-order valence-electron chi connectivity index (χ4n) is 4.86. The first-order chi connectivity index (χ1) is 16.7. The predicted octanol–water partition coefficient (Wildman–Crippen LogP) is 4.66. The number of ether oxygens (including phenoxy) is 2. The summed E-state index contributed by atoms with van der Waals surface area (Å²) in [5, 5.41) is 9.46. The van der Waals surface area contributed by atoms with Gasteiger partial charge in [0.2, 0.25) is 5.91 Å². The van der Waals surface area contributed by atoms with Crippen LogP contribution in [0, 0.1) is 17.2 Å². The highest BCUT2D eigenvalue weighted by Gasteiger charge is 2.34. The van der Waals surface area contributed by atoms with Crippen molar-refractivity contribution < 1.29 is 14.3 Å². The molecule has 2 aliphatic rings. The predicted molar refractivity (Wildman–Crippen MR) is 137 cm³/mol. The molecule has 1 fully saturated rings. The zero-order valence-electron chi connectivity index (χ0n) is 21.4. The Balaban J connectivity index is 1.37. The highest BCUT2D eigenvalue weighted by atomic mass is 16.5. The third-order valence-corrected chi connectivity index (χ3v) is 6.80. The van der Waals surface area contributed by atoms with Crippen LogP contribution in [0.1, 0.15) is 49.4 Å². The van der Waals surface area contributed by atoms with Crippen molar-refractivity contribution in [2.24, 2.45) is 5.92 Å². The van der Waals surface area contributed by atoms with Crippen molar-refractivity contribution in [3.05, 3.63) is 64.2 Å². The lowest BCUT2D eigenvalue weighted by atomic mass is 9.85. The largest absolute Gasteiger partial charge is 0.490 e. The Morgan fingerprint density at radius 2 is 1.94 bits per heavy atom. The maximum absolute atomic E-state index is 12.1. The van der Waals surface area contributed by atoms with E-state index in [1.807, 2.05) is 52.2 Å². The number of aryl methyl sites for hydroxylation is 1. The molecule has 184 valence electrons. The average molecular weight is 474 g/mol. The maximum Gasteiger partial charge on any atom is 0.227 e. The number of carbonyl (C=O) groups is 1. The molecular formula is C29H35N3O3. The van der Waals surface area contributed by atoms with Gasteiger partial charge in [-0.1, -0.05) is 17.7 Å². The quantitative estimate of drug-likeness (QED) is 0.558. The van der Waals surface area contributed by atoms with Crippen LogP contribution in [-0.4, -0.2) is 55.5 Å². The van der Waals surface area contributed by atoms with Crippen molar-refractivity contribution in [2.45, 2.75) is 46.3 Å². The summed E-state index contributed by atoms with van der Waals surface area (Å²) in [4.78, 5) is 16.2. The number of allylic oxidation sites excluding steroid dienone is 1. The van der Waals surface area contributed by atoms with Crippen LogP contribution in [0.2, 0.25) is 0 Å². The van der Waals surface area contributed by atoms with Crippen LogP contribution < -0.4 is 9.47 Å². The molecule has 0 atom stereocenters. The zero-order valence-corrected chi connectivity index (χ0v) is 21.4. The summed E-state index contributed by atoms with van der Waals surface area (Å²) < 4.78 is 11.8. The Morgan fingerprint density at radius 3 is 2.63 bits per heavy atom. The first-order valence-electron chi connectivity index (χ1n) is 12.3. The van der Waals surface area contributed by atoms with Crippen LogP contribution in [0.5, 0.6) is 11.5 Å². The third kappa shape index (κ3) is 5.68. The molecule has 1 aliphatic heterocycles. The summed E-state index contributed by atoms with van der Waals surface area (Å²) in [6, 6.07) is 14.2. The molecule has 0 aromatic heterocycles. The van der Waals surface area contributed by atoms with E-state index >= 15 is 0 Å². The van der Waals surface area contributed by atoms with Gasteiger partial charge in [-0.05, 0) is 80.1 Å². The number of fused-ring (bicyclic) bond motifs is 1. The first kappa shape index (κ1) is 24.8. The minimum absolute atomic E-state index is 0.0211. The van der Waals surface area contributed by atoms with Gasteiger partial charge in [-0.2, -0.15) is 5.26 Å². The van der Waals surface area contributed by atoms with Gasteiger partial charge in [-0.3, -0.25) is 9.69 Å². The standard InChI is InChI=1S/C29H35N3O3/c1-19(2)35-28-11-6-21(12-24(28)14-30)18-34-26-9-10-27-20(3)23(8-7-22(27)13-26)15-32-16-25(17-32)29(33)31(4)5/h6,9-13,19,25H,7-8,15-18H2,1-5H3. The van der Waals surface area contributed by atoms with Crippen molar-refractivity contribution in [1.29, 1.82) is 5.26 Å². The Labute approximate surface area is 208 Å². The molecule has 0 unspecified atom stereocenters. The monoisotopic (exact) mass is 473 g/mol. The number of carbonyl (C=O) groups excluding carboxylic acids is 1. The fraction of sp³-hybridized carbons (Fsp3) is 0.448. The molecule has 0 bridgehead atoms. The molecule has 1 amide bonds. The molecule has 0 spiro atoms. The van der Waals surface area contributed by atoms with Crippen LogP contribution in [0.4, 0.5) is 0 Å². The van der Waals surface area contributed by atoms with Gasteiger partial charge in [-0.15, -0.1) is 0 Å². The third-order valence-electron chi connectivity index (χ3n) is 6.80. The number of hydrogen-bond acceptors (Lipinski definition) is 5. The molecule has 0 radical (unpaired) electrons. The minimum atomic E-state index is 0.0211. The normalized spacial score (nSPS) is 15.9. The Morgan fingerprint density at radius 1 is 1.17 bits per heavy atom. The van der Waals surface area contributed by atoms with E-state index in [1.54, 1.807) is 4.90 Å². The lowest BCUT2D eigenvalue weighted by molar-refractivity contribution is -0.138. The molecule has 0 N–H and O–H groups in total.